The third-order valence-electron chi connectivity index (χ3n) is 5.00. The highest BCUT2D eigenvalue weighted by atomic mass is 16.5. The molecule has 1 aromatic carbocycles. The first-order valence-corrected chi connectivity index (χ1v) is 9.24. The van der Waals surface area contributed by atoms with Crippen molar-refractivity contribution in [2.24, 2.45) is 0 Å². The molecule has 0 aromatic heterocycles. The van der Waals surface area contributed by atoms with E-state index < -0.39 is 0 Å². The molecule has 2 N–H and O–H groups in total. The second-order valence-corrected chi connectivity index (χ2v) is 6.98. The highest BCUT2D eigenvalue weighted by molar-refractivity contribution is 5.93. The molecule has 2 aliphatic rings. The van der Waals surface area contributed by atoms with Crippen LogP contribution in [-0.2, 0) is 14.3 Å². The summed E-state index contributed by atoms with van der Waals surface area (Å²) in [6.45, 7) is 8.96. The molecule has 0 bridgehead atoms. The van der Waals surface area contributed by atoms with Crippen molar-refractivity contribution in [3.05, 3.63) is 29.3 Å². The second kappa shape index (κ2) is 8.62. The molecule has 0 saturated carbocycles. The molecule has 1 atom stereocenters. The van der Waals surface area contributed by atoms with E-state index in [2.05, 4.69) is 15.5 Å². The fourth-order valence-electron chi connectivity index (χ4n) is 3.45. The highest BCUT2D eigenvalue weighted by Gasteiger charge is 2.29. The number of para-hydroxylation sites is 1. The van der Waals surface area contributed by atoms with E-state index in [1.165, 1.54) is 0 Å². The Labute approximate surface area is 154 Å². The van der Waals surface area contributed by atoms with Crippen LogP contribution in [0.2, 0.25) is 0 Å². The number of nitrogens with one attached hydrogen (secondary N) is 2. The standard InChI is InChI=1S/C19H28N4O3/c1-14-4-3-5-15(2)18(14)21-17(24)13-22-7-9-23(10-8-22)19(25)16-12-20-6-11-26-16/h3-5,16,20H,6-13H2,1-2H3,(H,21,24). The van der Waals surface area contributed by atoms with Crippen molar-refractivity contribution in [1.29, 1.82) is 0 Å². The number of hydrogen-bond donors (Lipinski definition) is 2. The average Bonchev–Trinajstić information content (AvgIpc) is 2.66. The number of ether oxygens (including phenoxy) is 1. The van der Waals surface area contributed by atoms with Crippen LogP contribution in [0.4, 0.5) is 5.69 Å². The Morgan fingerprint density at radius 3 is 2.50 bits per heavy atom. The molecule has 1 aromatic rings. The molecule has 2 fully saturated rings. The molecular weight excluding hydrogens is 332 g/mol. The smallest absolute Gasteiger partial charge is 0.253 e. The molecule has 2 aliphatic heterocycles. The van der Waals surface area contributed by atoms with Crippen LogP contribution in [0, 0.1) is 13.8 Å². The number of nitrogens with zero attached hydrogens (tertiary/aromatic N) is 2. The Hall–Kier alpha value is -1.96. The van der Waals surface area contributed by atoms with Crippen molar-refractivity contribution in [2.75, 3.05) is 57.7 Å². The molecular formula is C19H28N4O3. The summed E-state index contributed by atoms with van der Waals surface area (Å²) in [4.78, 5) is 28.8. The number of carbonyl (C=O) groups is 2. The number of anilines is 1. The number of piperazine rings is 1. The maximum Gasteiger partial charge on any atom is 0.253 e. The van der Waals surface area contributed by atoms with Gasteiger partial charge in [-0.15, -0.1) is 0 Å². The van der Waals surface area contributed by atoms with Gasteiger partial charge in [0.1, 0.15) is 6.10 Å². The predicted molar refractivity (Wildman–Crippen MR) is 100 cm³/mol. The van der Waals surface area contributed by atoms with E-state index in [4.69, 9.17) is 4.74 Å². The highest BCUT2D eigenvalue weighted by Crippen LogP contribution is 2.19. The number of rotatable bonds is 4. The third-order valence-corrected chi connectivity index (χ3v) is 5.00. The van der Waals surface area contributed by atoms with E-state index >= 15 is 0 Å². The van der Waals surface area contributed by atoms with Crippen LogP contribution in [0.3, 0.4) is 0 Å². The van der Waals surface area contributed by atoms with E-state index in [0.717, 1.165) is 23.4 Å². The minimum Gasteiger partial charge on any atom is -0.366 e. The van der Waals surface area contributed by atoms with E-state index in [1.807, 2.05) is 36.9 Å². The summed E-state index contributed by atoms with van der Waals surface area (Å²) in [7, 11) is 0. The van der Waals surface area contributed by atoms with E-state index in [1.54, 1.807) is 0 Å². The number of hydrogen-bond acceptors (Lipinski definition) is 5. The summed E-state index contributed by atoms with van der Waals surface area (Å²) in [6, 6.07) is 5.98. The molecule has 0 spiro atoms. The SMILES string of the molecule is Cc1cccc(C)c1NC(=O)CN1CCN(C(=O)C2CNCCO2)CC1. The number of morpholine rings is 1. The van der Waals surface area contributed by atoms with Gasteiger partial charge >= 0.3 is 0 Å². The Morgan fingerprint density at radius 1 is 1.19 bits per heavy atom. The van der Waals surface area contributed by atoms with Gasteiger partial charge in [0.15, 0.2) is 0 Å². The molecule has 142 valence electrons. The maximum atomic E-state index is 12.5. The Balaban J connectivity index is 1.46. The third kappa shape index (κ3) is 4.60. The Bertz CT molecular complexity index is 630. The quantitative estimate of drug-likeness (QED) is 0.812. The summed E-state index contributed by atoms with van der Waals surface area (Å²) in [5, 5.41) is 6.21. The van der Waals surface area contributed by atoms with Gasteiger partial charge in [-0.2, -0.15) is 0 Å². The first-order valence-electron chi connectivity index (χ1n) is 9.24. The lowest BCUT2D eigenvalue weighted by molar-refractivity contribution is -0.147. The van der Waals surface area contributed by atoms with Crippen LogP contribution in [0.25, 0.3) is 0 Å². The maximum absolute atomic E-state index is 12.5. The topological polar surface area (TPSA) is 73.9 Å². The van der Waals surface area contributed by atoms with E-state index in [9.17, 15) is 9.59 Å². The lowest BCUT2D eigenvalue weighted by Crippen LogP contribution is -2.55. The van der Waals surface area contributed by atoms with Crippen molar-refractivity contribution >= 4 is 17.5 Å². The Kier molecular flexibility index (Phi) is 6.24. The summed E-state index contributed by atoms with van der Waals surface area (Å²) < 4.78 is 5.54. The summed E-state index contributed by atoms with van der Waals surface area (Å²) in [5.41, 5.74) is 3.03. The monoisotopic (exact) mass is 360 g/mol. The molecule has 2 saturated heterocycles. The van der Waals surface area contributed by atoms with Crippen LogP contribution in [0.5, 0.6) is 0 Å². The molecule has 7 heteroatoms. The first kappa shape index (κ1) is 18.8. The van der Waals surface area contributed by atoms with Crippen molar-refractivity contribution in [3.8, 4) is 0 Å². The fourth-order valence-corrected chi connectivity index (χ4v) is 3.45. The van der Waals surface area contributed by atoms with Crippen LogP contribution >= 0.6 is 0 Å². The van der Waals surface area contributed by atoms with Crippen molar-refractivity contribution in [3.63, 3.8) is 0 Å². The Morgan fingerprint density at radius 2 is 1.88 bits per heavy atom. The van der Waals surface area contributed by atoms with Crippen molar-refractivity contribution < 1.29 is 14.3 Å². The van der Waals surface area contributed by atoms with Gasteiger partial charge in [0.2, 0.25) is 5.91 Å². The molecule has 0 radical (unpaired) electrons. The molecule has 3 rings (SSSR count). The minimum absolute atomic E-state index is 0.0120. The number of aryl methyl sites for hydroxylation is 2. The number of carbonyl (C=O) groups excluding carboxylic acids is 2. The van der Waals surface area contributed by atoms with Gasteiger partial charge in [-0.05, 0) is 25.0 Å². The average molecular weight is 360 g/mol. The van der Waals surface area contributed by atoms with Gasteiger partial charge in [-0.1, -0.05) is 18.2 Å². The van der Waals surface area contributed by atoms with Gasteiger partial charge in [0.05, 0.1) is 13.2 Å². The predicted octanol–water partition coefficient (Wildman–Crippen LogP) is 0.375. The molecule has 1 unspecified atom stereocenters. The number of benzene rings is 1. The lowest BCUT2D eigenvalue weighted by Gasteiger charge is -2.36. The van der Waals surface area contributed by atoms with Crippen LogP contribution in [0.1, 0.15) is 11.1 Å². The summed E-state index contributed by atoms with van der Waals surface area (Å²) >= 11 is 0. The van der Waals surface area contributed by atoms with Crippen LogP contribution in [0.15, 0.2) is 18.2 Å². The van der Waals surface area contributed by atoms with Gasteiger partial charge in [-0.25, -0.2) is 0 Å². The lowest BCUT2D eigenvalue weighted by atomic mass is 10.1. The zero-order valence-corrected chi connectivity index (χ0v) is 15.6. The first-order chi connectivity index (χ1) is 12.5. The summed E-state index contributed by atoms with van der Waals surface area (Å²) in [6.07, 6.45) is -0.373. The molecule has 26 heavy (non-hydrogen) atoms. The fraction of sp³-hybridized carbons (Fsp3) is 0.579. The molecule has 2 amide bonds. The molecule has 7 nitrogen and oxygen atoms in total. The van der Waals surface area contributed by atoms with E-state index in [-0.39, 0.29) is 17.9 Å². The summed E-state index contributed by atoms with van der Waals surface area (Å²) in [5.74, 6) is 0.0406. The van der Waals surface area contributed by atoms with Gasteiger partial charge in [0, 0.05) is 45.0 Å². The van der Waals surface area contributed by atoms with Gasteiger partial charge < -0.3 is 20.3 Å². The largest absolute Gasteiger partial charge is 0.366 e. The minimum atomic E-state index is -0.373. The number of amides is 2. The van der Waals surface area contributed by atoms with E-state index in [0.29, 0.717) is 45.9 Å². The van der Waals surface area contributed by atoms with Crippen molar-refractivity contribution in [1.82, 2.24) is 15.1 Å². The van der Waals surface area contributed by atoms with Crippen LogP contribution in [-0.4, -0.2) is 80.1 Å². The van der Waals surface area contributed by atoms with Gasteiger partial charge in [-0.3, -0.25) is 14.5 Å². The van der Waals surface area contributed by atoms with Crippen molar-refractivity contribution in [2.45, 2.75) is 20.0 Å². The second-order valence-electron chi connectivity index (χ2n) is 6.98. The molecule has 2 heterocycles. The zero-order valence-electron chi connectivity index (χ0n) is 15.6. The normalized spacial score (nSPS) is 21.5. The van der Waals surface area contributed by atoms with Crippen LogP contribution < -0.4 is 10.6 Å². The van der Waals surface area contributed by atoms with Gasteiger partial charge in [0.25, 0.3) is 5.91 Å². The molecule has 0 aliphatic carbocycles. The zero-order chi connectivity index (χ0) is 18.5.